The third kappa shape index (κ3) is 2.43. The normalized spacial score (nSPS) is 15.1. The molecule has 1 heteroatoms. The summed E-state index contributed by atoms with van der Waals surface area (Å²) in [4.78, 5) is 0. The number of rotatable bonds is 2. The van der Waals surface area contributed by atoms with Gasteiger partial charge in [-0.05, 0) is 31.9 Å². The Balaban J connectivity index is 3.03. The lowest BCUT2D eigenvalue weighted by molar-refractivity contribution is 0.862. The summed E-state index contributed by atoms with van der Waals surface area (Å²) in [7, 11) is 0. The van der Waals surface area contributed by atoms with Crippen molar-refractivity contribution < 1.29 is 0 Å². The summed E-state index contributed by atoms with van der Waals surface area (Å²) in [5.74, 6) is 0. The van der Waals surface area contributed by atoms with Gasteiger partial charge in [0.1, 0.15) is 0 Å². The fourth-order valence-electron chi connectivity index (χ4n) is 1.26. The van der Waals surface area contributed by atoms with E-state index in [9.17, 15) is 0 Å². The number of nitrogens with two attached hydrogens (primary N) is 1. The van der Waals surface area contributed by atoms with Crippen molar-refractivity contribution in [2.75, 3.05) is 0 Å². The van der Waals surface area contributed by atoms with Gasteiger partial charge in [0, 0.05) is 6.04 Å². The summed E-state index contributed by atoms with van der Waals surface area (Å²) >= 11 is 0. The van der Waals surface area contributed by atoms with Gasteiger partial charge in [-0.15, -0.1) is 0 Å². The van der Waals surface area contributed by atoms with Crippen LogP contribution in [0.1, 0.15) is 26.3 Å². The molecule has 13 heavy (non-hydrogen) atoms. The van der Waals surface area contributed by atoms with Crippen LogP contribution in [0.25, 0.3) is 5.57 Å². The molecule has 0 aliphatic rings. The van der Waals surface area contributed by atoms with Gasteiger partial charge < -0.3 is 5.73 Å². The molecule has 0 bridgehead atoms. The van der Waals surface area contributed by atoms with Crippen molar-refractivity contribution in [3.63, 3.8) is 0 Å². The molecule has 70 valence electrons. The van der Waals surface area contributed by atoms with Crippen LogP contribution in [0.2, 0.25) is 0 Å². The Morgan fingerprint density at radius 1 is 1.15 bits per heavy atom. The topological polar surface area (TPSA) is 26.0 Å². The highest BCUT2D eigenvalue weighted by Crippen LogP contribution is 2.18. The molecule has 0 aromatic heterocycles. The van der Waals surface area contributed by atoms with E-state index in [-0.39, 0.29) is 6.04 Å². The molecular formula is C12H17N. The van der Waals surface area contributed by atoms with Crippen LogP contribution in [-0.2, 0) is 0 Å². The Morgan fingerprint density at radius 2 is 1.69 bits per heavy atom. The van der Waals surface area contributed by atoms with Gasteiger partial charge in [0.25, 0.3) is 0 Å². The maximum atomic E-state index is 5.82. The second-order valence-corrected chi connectivity index (χ2v) is 3.46. The Labute approximate surface area is 80.3 Å². The van der Waals surface area contributed by atoms with Gasteiger partial charge in [-0.3, -0.25) is 0 Å². The summed E-state index contributed by atoms with van der Waals surface area (Å²) in [6.45, 7) is 6.22. The van der Waals surface area contributed by atoms with Crippen molar-refractivity contribution in [1.82, 2.24) is 0 Å². The van der Waals surface area contributed by atoms with Gasteiger partial charge in [0.2, 0.25) is 0 Å². The maximum absolute atomic E-state index is 5.82. The molecule has 1 aromatic rings. The van der Waals surface area contributed by atoms with E-state index in [1.54, 1.807) is 0 Å². The lowest BCUT2D eigenvalue weighted by Crippen LogP contribution is -2.16. The predicted molar refractivity (Wildman–Crippen MR) is 58.4 cm³/mol. The Kier molecular flexibility index (Phi) is 3.26. The zero-order valence-electron chi connectivity index (χ0n) is 8.54. The fraction of sp³-hybridized carbons (Fsp3) is 0.333. The van der Waals surface area contributed by atoms with E-state index in [2.05, 4.69) is 26.0 Å². The van der Waals surface area contributed by atoms with E-state index < -0.39 is 0 Å². The van der Waals surface area contributed by atoms with Crippen LogP contribution in [0.4, 0.5) is 0 Å². The van der Waals surface area contributed by atoms with Crippen molar-refractivity contribution in [2.24, 2.45) is 5.73 Å². The molecule has 1 aromatic carbocycles. The number of hydrogen-bond acceptors (Lipinski definition) is 1. The molecule has 0 saturated carbocycles. The lowest BCUT2D eigenvalue weighted by Gasteiger charge is -2.11. The second-order valence-electron chi connectivity index (χ2n) is 3.46. The molecule has 1 unspecified atom stereocenters. The zero-order valence-corrected chi connectivity index (χ0v) is 8.54. The molecule has 2 N–H and O–H groups in total. The number of allylic oxidation sites excluding steroid dienone is 1. The van der Waals surface area contributed by atoms with E-state index in [1.165, 1.54) is 16.7 Å². The van der Waals surface area contributed by atoms with Gasteiger partial charge in [-0.25, -0.2) is 0 Å². The van der Waals surface area contributed by atoms with Crippen molar-refractivity contribution in [3.8, 4) is 0 Å². The first-order chi connectivity index (χ1) is 6.13. The number of hydrogen-bond donors (Lipinski definition) is 1. The largest absolute Gasteiger partial charge is 0.324 e. The molecule has 0 fully saturated rings. The zero-order chi connectivity index (χ0) is 9.84. The van der Waals surface area contributed by atoms with Crippen molar-refractivity contribution in [3.05, 3.63) is 41.5 Å². The van der Waals surface area contributed by atoms with Crippen molar-refractivity contribution in [2.45, 2.75) is 26.8 Å². The molecule has 0 spiro atoms. The van der Waals surface area contributed by atoms with Crippen LogP contribution in [0.3, 0.4) is 0 Å². The maximum Gasteiger partial charge on any atom is 0.0227 e. The molecule has 1 rings (SSSR count). The Hall–Kier alpha value is -1.08. The van der Waals surface area contributed by atoms with Crippen molar-refractivity contribution in [1.29, 1.82) is 0 Å². The van der Waals surface area contributed by atoms with E-state index >= 15 is 0 Å². The Morgan fingerprint density at radius 3 is 2.15 bits per heavy atom. The average molecular weight is 175 g/mol. The summed E-state index contributed by atoms with van der Waals surface area (Å²) in [5, 5.41) is 0. The molecule has 1 atom stereocenters. The van der Waals surface area contributed by atoms with Gasteiger partial charge in [-0.1, -0.05) is 35.9 Å². The third-order valence-corrected chi connectivity index (χ3v) is 2.48. The molecule has 1 nitrogen and oxygen atoms in total. The molecule has 0 heterocycles. The van der Waals surface area contributed by atoms with Crippen LogP contribution in [0.15, 0.2) is 35.9 Å². The summed E-state index contributed by atoms with van der Waals surface area (Å²) in [5.41, 5.74) is 9.62. The van der Waals surface area contributed by atoms with Crippen molar-refractivity contribution >= 4 is 5.57 Å². The highest BCUT2D eigenvalue weighted by molar-refractivity contribution is 5.67. The van der Waals surface area contributed by atoms with E-state index in [0.717, 1.165) is 0 Å². The first kappa shape index (κ1) is 10.0. The van der Waals surface area contributed by atoms with E-state index in [1.807, 2.05) is 25.1 Å². The van der Waals surface area contributed by atoms with E-state index in [4.69, 9.17) is 5.73 Å². The smallest absolute Gasteiger partial charge is 0.0227 e. The molecule has 0 radical (unpaired) electrons. The van der Waals surface area contributed by atoms with Crippen LogP contribution < -0.4 is 5.73 Å². The third-order valence-electron chi connectivity index (χ3n) is 2.48. The highest BCUT2D eigenvalue weighted by Gasteiger charge is 2.03. The molecular weight excluding hydrogens is 158 g/mol. The SMILES string of the molecule is C/C(=C(/C)C(C)N)c1ccccc1. The minimum Gasteiger partial charge on any atom is -0.324 e. The molecule has 0 saturated heterocycles. The van der Waals surface area contributed by atoms with E-state index in [0.29, 0.717) is 0 Å². The van der Waals surface area contributed by atoms with Crippen LogP contribution in [0, 0.1) is 0 Å². The van der Waals surface area contributed by atoms with Gasteiger partial charge in [0.15, 0.2) is 0 Å². The van der Waals surface area contributed by atoms with Gasteiger partial charge >= 0.3 is 0 Å². The highest BCUT2D eigenvalue weighted by atomic mass is 14.6. The minimum atomic E-state index is 0.139. The quantitative estimate of drug-likeness (QED) is 0.735. The summed E-state index contributed by atoms with van der Waals surface area (Å²) < 4.78 is 0. The first-order valence-electron chi connectivity index (χ1n) is 4.61. The molecule has 0 amide bonds. The van der Waals surface area contributed by atoms with Gasteiger partial charge in [0.05, 0.1) is 0 Å². The van der Waals surface area contributed by atoms with Crippen LogP contribution in [0.5, 0.6) is 0 Å². The molecule has 0 aliphatic heterocycles. The number of benzene rings is 1. The Bertz CT molecular complexity index is 296. The second kappa shape index (κ2) is 4.24. The monoisotopic (exact) mass is 175 g/mol. The minimum absolute atomic E-state index is 0.139. The van der Waals surface area contributed by atoms with Gasteiger partial charge in [-0.2, -0.15) is 0 Å². The average Bonchev–Trinajstić information content (AvgIpc) is 2.17. The molecule has 0 aliphatic carbocycles. The lowest BCUT2D eigenvalue weighted by atomic mass is 9.99. The van der Waals surface area contributed by atoms with Crippen LogP contribution >= 0.6 is 0 Å². The predicted octanol–water partition coefficient (Wildman–Crippen LogP) is 2.83. The standard InChI is InChI=1S/C12H17N/c1-9(11(3)13)10(2)12-7-5-4-6-8-12/h4-8,11H,13H2,1-3H3/b10-9+. The first-order valence-corrected chi connectivity index (χ1v) is 4.61. The van der Waals surface area contributed by atoms with Crippen LogP contribution in [-0.4, -0.2) is 6.04 Å². The fourth-order valence-corrected chi connectivity index (χ4v) is 1.26. The summed E-state index contributed by atoms with van der Waals surface area (Å²) in [6, 6.07) is 10.5. The summed E-state index contributed by atoms with van der Waals surface area (Å²) in [6.07, 6.45) is 0.